The molecule has 0 aliphatic rings. The molecular formula is C7H6BrN3S. The van der Waals surface area contributed by atoms with Crippen LogP contribution in [0.2, 0.25) is 0 Å². The third-order valence-electron chi connectivity index (χ3n) is 1.56. The van der Waals surface area contributed by atoms with Crippen molar-refractivity contribution in [1.82, 2.24) is 14.8 Å². The van der Waals surface area contributed by atoms with E-state index < -0.39 is 0 Å². The largest absolute Gasteiger partial charge is 0.266 e. The minimum absolute atomic E-state index is 0.902. The van der Waals surface area contributed by atoms with E-state index in [0.29, 0.717) is 0 Å². The summed E-state index contributed by atoms with van der Waals surface area (Å²) in [7, 11) is 1.91. The van der Waals surface area contributed by atoms with Crippen molar-refractivity contribution in [3.63, 3.8) is 0 Å². The van der Waals surface area contributed by atoms with Gasteiger partial charge in [0.2, 0.25) is 0 Å². The van der Waals surface area contributed by atoms with E-state index in [2.05, 4.69) is 26.0 Å². The third-order valence-corrected chi connectivity index (χ3v) is 2.92. The van der Waals surface area contributed by atoms with Crippen LogP contribution in [0.3, 0.4) is 0 Å². The second-order valence-electron chi connectivity index (χ2n) is 2.33. The maximum atomic E-state index is 4.29. The van der Waals surface area contributed by atoms with Gasteiger partial charge in [-0.05, 0) is 22.0 Å². The highest BCUT2D eigenvalue weighted by Gasteiger charge is 2.05. The van der Waals surface area contributed by atoms with Crippen LogP contribution in [0.25, 0.3) is 11.4 Å². The van der Waals surface area contributed by atoms with Gasteiger partial charge in [0.25, 0.3) is 0 Å². The van der Waals surface area contributed by atoms with Crippen LogP contribution >= 0.6 is 27.3 Å². The summed E-state index contributed by atoms with van der Waals surface area (Å²) in [6.07, 6.45) is 1.77. The molecule has 0 N–H and O–H groups in total. The summed E-state index contributed by atoms with van der Waals surface area (Å²) in [4.78, 5) is 4.29. The molecule has 2 heterocycles. The predicted molar refractivity (Wildman–Crippen MR) is 52.0 cm³/mol. The zero-order chi connectivity index (χ0) is 8.55. The standard InChI is InChI=1S/C7H6BrN3S/c1-11-6(2-3-9-11)5-4-12-7(8)10-5/h2-4H,1H3. The molecule has 3 nitrogen and oxygen atoms in total. The molecule has 0 saturated carbocycles. The quantitative estimate of drug-likeness (QED) is 0.770. The van der Waals surface area contributed by atoms with Gasteiger partial charge in [0.15, 0.2) is 3.92 Å². The fourth-order valence-electron chi connectivity index (χ4n) is 0.995. The molecule has 0 saturated heterocycles. The Balaban J connectivity index is 2.50. The minimum Gasteiger partial charge on any atom is -0.266 e. The van der Waals surface area contributed by atoms with Gasteiger partial charge in [0, 0.05) is 18.6 Å². The van der Waals surface area contributed by atoms with Crippen LogP contribution in [-0.4, -0.2) is 14.8 Å². The lowest BCUT2D eigenvalue weighted by atomic mass is 10.3. The van der Waals surface area contributed by atoms with E-state index in [1.165, 1.54) is 0 Å². The van der Waals surface area contributed by atoms with Crippen LogP contribution in [-0.2, 0) is 7.05 Å². The summed E-state index contributed by atoms with van der Waals surface area (Å²) in [5, 5.41) is 6.07. The zero-order valence-corrected chi connectivity index (χ0v) is 8.76. The van der Waals surface area contributed by atoms with Gasteiger partial charge in [-0.2, -0.15) is 5.10 Å². The van der Waals surface area contributed by atoms with Crippen molar-refractivity contribution >= 4 is 27.3 Å². The number of rotatable bonds is 1. The maximum absolute atomic E-state index is 4.29. The first-order valence-electron chi connectivity index (χ1n) is 3.37. The third kappa shape index (κ3) is 1.30. The lowest BCUT2D eigenvalue weighted by molar-refractivity contribution is 0.774. The van der Waals surface area contributed by atoms with Gasteiger partial charge in [0.1, 0.15) is 5.69 Å². The first kappa shape index (κ1) is 7.94. The second-order valence-corrected chi connectivity index (χ2v) is 4.46. The topological polar surface area (TPSA) is 30.7 Å². The van der Waals surface area contributed by atoms with E-state index in [9.17, 15) is 0 Å². The molecule has 62 valence electrons. The average molecular weight is 244 g/mol. The molecule has 0 aliphatic carbocycles. The Hall–Kier alpha value is -0.680. The lowest BCUT2D eigenvalue weighted by Gasteiger charge is -1.94. The van der Waals surface area contributed by atoms with Crippen molar-refractivity contribution in [2.24, 2.45) is 7.05 Å². The van der Waals surface area contributed by atoms with Gasteiger partial charge in [0.05, 0.1) is 5.69 Å². The number of halogens is 1. The van der Waals surface area contributed by atoms with Crippen molar-refractivity contribution in [2.45, 2.75) is 0 Å². The molecule has 0 amide bonds. The van der Waals surface area contributed by atoms with Gasteiger partial charge in [-0.1, -0.05) is 0 Å². The molecule has 5 heteroatoms. The SMILES string of the molecule is Cn1nccc1-c1csc(Br)n1. The Morgan fingerprint density at radius 1 is 1.58 bits per heavy atom. The summed E-state index contributed by atoms with van der Waals surface area (Å²) in [6, 6.07) is 1.95. The highest BCUT2D eigenvalue weighted by molar-refractivity contribution is 9.11. The van der Waals surface area contributed by atoms with Crippen LogP contribution in [0.4, 0.5) is 0 Å². The summed E-state index contributed by atoms with van der Waals surface area (Å²) < 4.78 is 2.71. The van der Waals surface area contributed by atoms with Crippen LogP contribution in [0.5, 0.6) is 0 Å². The molecule has 12 heavy (non-hydrogen) atoms. The van der Waals surface area contributed by atoms with Gasteiger partial charge < -0.3 is 0 Å². The molecule has 0 aromatic carbocycles. The van der Waals surface area contributed by atoms with Crippen molar-refractivity contribution in [3.05, 3.63) is 21.6 Å². The van der Waals surface area contributed by atoms with Crippen LogP contribution in [0.15, 0.2) is 21.6 Å². The Kier molecular flexibility index (Phi) is 1.98. The normalized spacial score (nSPS) is 10.5. The molecule has 2 aromatic rings. The highest BCUT2D eigenvalue weighted by atomic mass is 79.9. The smallest absolute Gasteiger partial charge is 0.159 e. The molecule has 0 radical (unpaired) electrons. The molecule has 0 aliphatic heterocycles. The van der Waals surface area contributed by atoms with Crippen molar-refractivity contribution < 1.29 is 0 Å². The monoisotopic (exact) mass is 243 g/mol. The Morgan fingerprint density at radius 3 is 2.92 bits per heavy atom. The van der Waals surface area contributed by atoms with Crippen molar-refractivity contribution in [3.8, 4) is 11.4 Å². The predicted octanol–water partition coefficient (Wildman–Crippen LogP) is 2.31. The summed E-state index contributed by atoms with van der Waals surface area (Å²) in [5.74, 6) is 0. The van der Waals surface area contributed by atoms with E-state index >= 15 is 0 Å². The summed E-state index contributed by atoms with van der Waals surface area (Å²) in [5.41, 5.74) is 2.00. The number of aryl methyl sites for hydroxylation is 1. The van der Waals surface area contributed by atoms with Crippen LogP contribution in [0.1, 0.15) is 0 Å². The average Bonchev–Trinajstić information content (AvgIpc) is 2.58. The molecule has 0 bridgehead atoms. The van der Waals surface area contributed by atoms with Crippen molar-refractivity contribution in [2.75, 3.05) is 0 Å². The lowest BCUT2D eigenvalue weighted by Crippen LogP contribution is -1.92. The zero-order valence-electron chi connectivity index (χ0n) is 6.36. The molecular weight excluding hydrogens is 238 g/mol. The highest BCUT2D eigenvalue weighted by Crippen LogP contribution is 2.23. The number of hydrogen-bond acceptors (Lipinski definition) is 3. The van der Waals surface area contributed by atoms with E-state index in [1.807, 2.05) is 23.2 Å². The molecule has 0 unspecified atom stereocenters. The second kappa shape index (κ2) is 2.99. The first-order chi connectivity index (χ1) is 5.77. The van der Waals surface area contributed by atoms with E-state index in [0.717, 1.165) is 15.3 Å². The fourth-order valence-corrected chi connectivity index (χ4v) is 2.00. The summed E-state index contributed by atoms with van der Waals surface area (Å²) in [6.45, 7) is 0. The number of hydrogen-bond donors (Lipinski definition) is 0. The van der Waals surface area contributed by atoms with Crippen LogP contribution in [0, 0.1) is 0 Å². The van der Waals surface area contributed by atoms with Crippen LogP contribution < -0.4 is 0 Å². The molecule has 2 rings (SSSR count). The van der Waals surface area contributed by atoms with Gasteiger partial charge in [-0.25, -0.2) is 4.98 Å². The maximum Gasteiger partial charge on any atom is 0.159 e. The van der Waals surface area contributed by atoms with Gasteiger partial charge in [-0.3, -0.25) is 4.68 Å². The number of aromatic nitrogens is 3. The van der Waals surface area contributed by atoms with E-state index in [4.69, 9.17) is 0 Å². The Bertz CT molecular complexity index is 393. The number of nitrogens with zero attached hydrogens (tertiary/aromatic N) is 3. The Morgan fingerprint density at radius 2 is 2.42 bits per heavy atom. The molecule has 0 fully saturated rings. The summed E-state index contributed by atoms with van der Waals surface area (Å²) >= 11 is 4.90. The number of thiazole rings is 1. The van der Waals surface area contributed by atoms with Gasteiger partial charge >= 0.3 is 0 Å². The first-order valence-corrected chi connectivity index (χ1v) is 5.04. The molecule has 2 aromatic heterocycles. The van der Waals surface area contributed by atoms with Gasteiger partial charge in [-0.15, -0.1) is 11.3 Å². The van der Waals surface area contributed by atoms with E-state index in [-0.39, 0.29) is 0 Å². The van der Waals surface area contributed by atoms with Crippen molar-refractivity contribution in [1.29, 1.82) is 0 Å². The molecule has 0 atom stereocenters. The molecule has 0 spiro atoms. The fraction of sp³-hybridized carbons (Fsp3) is 0.143. The van der Waals surface area contributed by atoms with E-state index in [1.54, 1.807) is 17.5 Å². The minimum atomic E-state index is 0.902. The Labute approximate surface area is 82.2 Å².